The van der Waals surface area contributed by atoms with Gasteiger partial charge in [-0.25, -0.2) is 18.4 Å². The molecule has 0 radical (unpaired) electrons. The van der Waals surface area contributed by atoms with Crippen molar-refractivity contribution in [1.82, 2.24) is 19.2 Å². The number of hydrogen-bond donors (Lipinski definition) is 1. The lowest BCUT2D eigenvalue weighted by molar-refractivity contribution is -0.131. The molecule has 1 amide bonds. The van der Waals surface area contributed by atoms with E-state index in [4.69, 9.17) is 6.42 Å². The number of sulfonamides is 1. The normalized spacial score (nSPS) is 14.8. The number of fused-ring (bicyclic) bond motifs is 1. The van der Waals surface area contributed by atoms with Crippen LogP contribution in [0.4, 0.5) is 11.5 Å². The summed E-state index contributed by atoms with van der Waals surface area (Å²) >= 11 is 0. The molecule has 9 heteroatoms. The molecule has 0 unspecified atom stereocenters. The minimum atomic E-state index is -3.23. The maximum Gasteiger partial charge on any atom is 0.227 e. The van der Waals surface area contributed by atoms with E-state index in [9.17, 15) is 13.2 Å². The van der Waals surface area contributed by atoms with Gasteiger partial charge in [-0.1, -0.05) is 18.1 Å². The molecule has 1 aliphatic heterocycles. The largest absolute Gasteiger partial charge is 0.340 e. The van der Waals surface area contributed by atoms with E-state index in [2.05, 4.69) is 21.2 Å². The van der Waals surface area contributed by atoms with Crippen LogP contribution in [0.25, 0.3) is 10.9 Å². The average molecular weight is 450 g/mol. The van der Waals surface area contributed by atoms with Gasteiger partial charge in [0.05, 0.1) is 18.2 Å². The van der Waals surface area contributed by atoms with Crippen LogP contribution in [0.3, 0.4) is 0 Å². The summed E-state index contributed by atoms with van der Waals surface area (Å²) in [5.74, 6) is 3.20. The van der Waals surface area contributed by atoms with Crippen molar-refractivity contribution in [2.24, 2.45) is 0 Å². The van der Waals surface area contributed by atoms with Crippen LogP contribution in [0, 0.1) is 12.3 Å². The summed E-state index contributed by atoms with van der Waals surface area (Å²) in [5, 5.41) is 4.08. The Bertz CT molecular complexity index is 1310. The third kappa shape index (κ3) is 4.88. The monoisotopic (exact) mass is 449 g/mol. The number of amides is 1. The number of rotatable bonds is 5. The second kappa shape index (κ2) is 8.94. The molecule has 0 bridgehead atoms. The first-order valence-corrected chi connectivity index (χ1v) is 12.0. The van der Waals surface area contributed by atoms with E-state index in [1.165, 1.54) is 16.9 Å². The first-order chi connectivity index (χ1) is 15.3. The van der Waals surface area contributed by atoms with Crippen molar-refractivity contribution in [2.45, 2.75) is 6.42 Å². The summed E-state index contributed by atoms with van der Waals surface area (Å²) in [6.07, 6.45) is 8.38. The molecule has 0 saturated carbocycles. The number of carbonyl (C=O) groups excluding carboxylic acids is 1. The second-order valence-corrected chi connectivity index (χ2v) is 9.63. The molecule has 32 heavy (non-hydrogen) atoms. The Kier molecular flexibility index (Phi) is 6.08. The lowest BCUT2D eigenvalue weighted by Crippen LogP contribution is -2.50. The molecule has 8 nitrogen and oxygen atoms in total. The summed E-state index contributed by atoms with van der Waals surface area (Å²) in [5.41, 5.74) is 3.16. The van der Waals surface area contributed by atoms with Crippen molar-refractivity contribution in [3.8, 4) is 12.3 Å². The van der Waals surface area contributed by atoms with Gasteiger partial charge in [-0.05, 0) is 35.9 Å². The number of terminal acetylenes is 1. The Labute approximate surface area is 187 Å². The zero-order valence-electron chi connectivity index (χ0n) is 17.7. The zero-order valence-corrected chi connectivity index (χ0v) is 18.5. The third-order valence-corrected chi connectivity index (χ3v) is 6.71. The molecule has 0 atom stereocenters. The van der Waals surface area contributed by atoms with Crippen LogP contribution in [-0.4, -0.2) is 65.9 Å². The van der Waals surface area contributed by atoms with Crippen LogP contribution in [-0.2, 0) is 21.2 Å². The van der Waals surface area contributed by atoms with E-state index in [1.807, 2.05) is 42.5 Å². The smallest absolute Gasteiger partial charge is 0.227 e. The summed E-state index contributed by atoms with van der Waals surface area (Å²) in [4.78, 5) is 23.2. The molecule has 0 aliphatic carbocycles. The van der Waals surface area contributed by atoms with Crippen LogP contribution in [0.2, 0.25) is 0 Å². The standard InChI is InChI=1S/C23H23N5O3S/c1-3-17-5-4-6-19(13-17)26-23-20-14-18(7-8-21(20)24-16-25-23)15-22(29)27-9-11-28(12-10-27)32(2,30)31/h1,4-8,13-14,16H,9-12,15H2,2H3,(H,24,25,26). The maximum absolute atomic E-state index is 12.8. The van der Waals surface area contributed by atoms with Gasteiger partial charge < -0.3 is 10.2 Å². The predicted octanol–water partition coefficient (Wildman–Crippen LogP) is 2.00. The van der Waals surface area contributed by atoms with Crippen molar-refractivity contribution in [1.29, 1.82) is 0 Å². The summed E-state index contributed by atoms with van der Waals surface area (Å²) in [6.45, 7) is 1.42. The van der Waals surface area contributed by atoms with Crippen molar-refractivity contribution in [2.75, 3.05) is 37.8 Å². The average Bonchev–Trinajstić information content (AvgIpc) is 2.79. The molecule has 4 rings (SSSR count). The molecule has 1 N–H and O–H groups in total. The van der Waals surface area contributed by atoms with Gasteiger partial charge in [0.15, 0.2) is 0 Å². The van der Waals surface area contributed by atoms with Crippen LogP contribution in [0.15, 0.2) is 48.8 Å². The molecule has 1 aromatic heterocycles. The molecule has 2 aromatic carbocycles. The molecule has 0 spiro atoms. The fourth-order valence-corrected chi connectivity index (χ4v) is 4.52. The van der Waals surface area contributed by atoms with Crippen LogP contribution >= 0.6 is 0 Å². The summed E-state index contributed by atoms with van der Waals surface area (Å²) in [7, 11) is -3.23. The SMILES string of the molecule is C#Cc1cccc(Nc2ncnc3ccc(CC(=O)N4CCN(S(C)(=O)=O)CC4)cc23)c1. The van der Waals surface area contributed by atoms with Gasteiger partial charge in [-0.3, -0.25) is 4.79 Å². The van der Waals surface area contributed by atoms with Crippen LogP contribution in [0.5, 0.6) is 0 Å². The first kappa shape index (κ1) is 21.7. The van der Waals surface area contributed by atoms with Crippen molar-refractivity contribution in [3.63, 3.8) is 0 Å². The molecule has 1 fully saturated rings. The summed E-state index contributed by atoms with van der Waals surface area (Å²) in [6, 6.07) is 13.1. The van der Waals surface area contributed by atoms with Gasteiger partial charge >= 0.3 is 0 Å². The second-order valence-electron chi connectivity index (χ2n) is 7.64. The predicted molar refractivity (Wildman–Crippen MR) is 124 cm³/mol. The first-order valence-electron chi connectivity index (χ1n) is 10.1. The highest BCUT2D eigenvalue weighted by atomic mass is 32.2. The van der Waals surface area contributed by atoms with Gasteiger partial charge in [-0.15, -0.1) is 6.42 Å². The van der Waals surface area contributed by atoms with Crippen LogP contribution in [0.1, 0.15) is 11.1 Å². The zero-order chi connectivity index (χ0) is 22.7. The Morgan fingerprint density at radius 2 is 1.91 bits per heavy atom. The Balaban J connectivity index is 1.51. The molecular formula is C23H23N5O3S. The van der Waals surface area contributed by atoms with Gasteiger partial charge in [-0.2, -0.15) is 4.31 Å². The van der Waals surface area contributed by atoms with Crippen LogP contribution < -0.4 is 5.32 Å². The molecule has 1 saturated heterocycles. The van der Waals surface area contributed by atoms with Crippen molar-refractivity contribution >= 4 is 38.3 Å². The highest BCUT2D eigenvalue weighted by Gasteiger charge is 2.26. The maximum atomic E-state index is 12.8. The topological polar surface area (TPSA) is 95.5 Å². The lowest BCUT2D eigenvalue weighted by Gasteiger charge is -2.33. The highest BCUT2D eigenvalue weighted by Crippen LogP contribution is 2.25. The number of benzene rings is 2. The van der Waals surface area contributed by atoms with Crippen molar-refractivity contribution < 1.29 is 13.2 Å². The number of carbonyl (C=O) groups is 1. The van der Waals surface area contributed by atoms with E-state index in [0.29, 0.717) is 32.0 Å². The molecule has 2 heterocycles. The number of nitrogens with zero attached hydrogens (tertiary/aromatic N) is 4. The van der Waals surface area contributed by atoms with Gasteiger partial charge in [0, 0.05) is 42.8 Å². The number of piperazine rings is 1. The fraction of sp³-hybridized carbons (Fsp3) is 0.261. The van der Waals surface area contributed by atoms with Crippen molar-refractivity contribution in [3.05, 3.63) is 59.9 Å². The number of nitrogens with one attached hydrogen (secondary N) is 1. The Morgan fingerprint density at radius 1 is 1.12 bits per heavy atom. The van der Waals surface area contributed by atoms with E-state index < -0.39 is 10.0 Å². The van der Waals surface area contributed by atoms with E-state index >= 15 is 0 Å². The van der Waals surface area contributed by atoms with Gasteiger partial charge in [0.2, 0.25) is 15.9 Å². The number of anilines is 2. The van der Waals surface area contributed by atoms with Gasteiger partial charge in [0.25, 0.3) is 0 Å². The number of hydrogen-bond acceptors (Lipinski definition) is 6. The van der Waals surface area contributed by atoms with Gasteiger partial charge in [0.1, 0.15) is 12.1 Å². The Hall–Kier alpha value is -3.48. The van der Waals surface area contributed by atoms with E-state index in [-0.39, 0.29) is 12.3 Å². The molecule has 3 aromatic rings. The quantitative estimate of drug-likeness (QED) is 0.599. The van der Waals surface area contributed by atoms with E-state index in [1.54, 1.807) is 4.90 Å². The molecule has 164 valence electrons. The number of aromatic nitrogens is 2. The fourth-order valence-electron chi connectivity index (χ4n) is 3.69. The minimum absolute atomic E-state index is 0.0365. The Morgan fingerprint density at radius 3 is 2.62 bits per heavy atom. The lowest BCUT2D eigenvalue weighted by atomic mass is 10.1. The molecule has 1 aliphatic rings. The molecular weight excluding hydrogens is 426 g/mol. The summed E-state index contributed by atoms with van der Waals surface area (Å²) < 4.78 is 24.7. The third-order valence-electron chi connectivity index (χ3n) is 5.41. The van der Waals surface area contributed by atoms with E-state index in [0.717, 1.165) is 27.7 Å². The highest BCUT2D eigenvalue weighted by molar-refractivity contribution is 7.88. The minimum Gasteiger partial charge on any atom is -0.340 e.